The standard InChI is InChI=1S/C17H21ClN4O2/c1-17(2,24-15-7-3-5-13(18)9-15)16(23)21-8-4-6-14(10-21)22-12-19-11-20-22/h3,5,7,9,11-12,14H,4,6,8,10H2,1-2H3. The van der Waals surface area contributed by atoms with Crippen LogP contribution in [0.5, 0.6) is 5.75 Å². The molecule has 0 spiro atoms. The molecule has 0 bridgehead atoms. The predicted molar refractivity (Wildman–Crippen MR) is 91.0 cm³/mol. The Balaban J connectivity index is 1.69. The largest absolute Gasteiger partial charge is 0.478 e. The second-order valence-corrected chi connectivity index (χ2v) is 6.93. The van der Waals surface area contributed by atoms with Gasteiger partial charge in [-0.1, -0.05) is 17.7 Å². The Morgan fingerprint density at radius 2 is 2.25 bits per heavy atom. The summed E-state index contributed by atoms with van der Waals surface area (Å²) in [7, 11) is 0. The molecule has 1 unspecified atom stereocenters. The van der Waals surface area contributed by atoms with Gasteiger partial charge in [-0.3, -0.25) is 4.79 Å². The predicted octanol–water partition coefficient (Wildman–Crippen LogP) is 2.95. The van der Waals surface area contributed by atoms with Crippen LogP contribution in [0.2, 0.25) is 5.02 Å². The van der Waals surface area contributed by atoms with Gasteiger partial charge in [-0.25, -0.2) is 9.67 Å². The molecule has 1 saturated heterocycles. The summed E-state index contributed by atoms with van der Waals surface area (Å²) in [6.45, 7) is 4.92. The molecule has 128 valence electrons. The number of benzene rings is 1. The van der Waals surface area contributed by atoms with Gasteiger partial charge in [0.2, 0.25) is 0 Å². The third-order valence-corrected chi connectivity index (χ3v) is 4.41. The molecule has 7 heteroatoms. The first-order chi connectivity index (χ1) is 11.5. The molecular formula is C17H21ClN4O2. The lowest BCUT2D eigenvalue weighted by Gasteiger charge is -2.37. The van der Waals surface area contributed by atoms with E-state index in [-0.39, 0.29) is 11.9 Å². The van der Waals surface area contributed by atoms with Gasteiger partial charge in [0.25, 0.3) is 5.91 Å². The number of hydrogen-bond donors (Lipinski definition) is 0. The molecule has 1 atom stereocenters. The molecule has 1 fully saturated rings. The average Bonchev–Trinajstić information content (AvgIpc) is 3.08. The van der Waals surface area contributed by atoms with Gasteiger partial charge in [0.15, 0.2) is 5.60 Å². The number of halogens is 1. The van der Waals surface area contributed by atoms with E-state index >= 15 is 0 Å². The SMILES string of the molecule is CC(C)(Oc1cccc(Cl)c1)C(=O)N1CCCC(n2cncn2)C1. The number of hydrogen-bond acceptors (Lipinski definition) is 4. The first-order valence-electron chi connectivity index (χ1n) is 8.04. The van der Waals surface area contributed by atoms with Crippen LogP contribution in [0.3, 0.4) is 0 Å². The van der Waals surface area contributed by atoms with Crippen LogP contribution < -0.4 is 4.74 Å². The highest BCUT2D eigenvalue weighted by Gasteiger charge is 2.37. The van der Waals surface area contributed by atoms with Gasteiger partial charge < -0.3 is 9.64 Å². The molecule has 0 N–H and O–H groups in total. The maximum absolute atomic E-state index is 12.9. The van der Waals surface area contributed by atoms with E-state index in [4.69, 9.17) is 16.3 Å². The van der Waals surface area contributed by atoms with Crippen LogP contribution in [0, 0.1) is 0 Å². The maximum Gasteiger partial charge on any atom is 0.266 e. The number of amides is 1. The second-order valence-electron chi connectivity index (χ2n) is 6.49. The Labute approximate surface area is 146 Å². The Morgan fingerprint density at radius 3 is 2.96 bits per heavy atom. The fourth-order valence-corrected chi connectivity index (χ4v) is 3.19. The Kier molecular flexibility index (Phi) is 4.76. The molecule has 1 aliphatic rings. The van der Waals surface area contributed by atoms with E-state index in [1.165, 1.54) is 6.33 Å². The van der Waals surface area contributed by atoms with Crippen molar-refractivity contribution in [3.8, 4) is 5.75 Å². The lowest BCUT2D eigenvalue weighted by atomic mass is 10.0. The molecule has 2 heterocycles. The van der Waals surface area contributed by atoms with Crippen molar-refractivity contribution < 1.29 is 9.53 Å². The van der Waals surface area contributed by atoms with Crippen molar-refractivity contribution in [2.24, 2.45) is 0 Å². The normalized spacial score (nSPS) is 18.5. The summed E-state index contributed by atoms with van der Waals surface area (Å²) in [5.74, 6) is 0.554. The first-order valence-corrected chi connectivity index (χ1v) is 8.41. The number of piperidine rings is 1. The molecule has 2 aromatic rings. The van der Waals surface area contributed by atoms with Crippen molar-refractivity contribution in [3.05, 3.63) is 41.9 Å². The maximum atomic E-state index is 12.9. The Bertz CT molecular complexity index is 702. The minimum Gasteiger partial charge on any atom is -0.478 e. The van der Waals surface area contributed by atoms with Crippen LogP contribution in [0.15, 0.2) is 36.9 Å². The van der Waals surface area contributed by atoms with Crippen LogP contribution in [-0.4, -0.2) is 44.3 Å². The molecule has 1 amide bonds. The van der Waals surface area contributed by atoms with Gasteiger partial charge >= 0.3 is 0 Å². The van der Waals surface area contributed by atoms with Crippen molar-refractivity contribution >= 4 is 17.5 Å². The van der Waals surface area contributed by atoms with Crippen molar-refractivity contribution in [3.63, 3.8) is 0 Å². The molecule has 0 radical (unpaired) electrons. The highest BCUT2D eigenvalue weighted by Crippen LogP contribution is 2.26. The highest BCUT2D eigenvalue weighted by molar-refractivity contribution is 6.30. The minimum absolute atomic E-state index is 0.0349. The Hall–Kier alpha value is -2.08. The fraction of sp³-hybridized carbons (Fsp3) is 0.471. The van der Waals surface area contributed by atoms with E-state index in [0.717, 1.165) is 19.4 Å². The Morgan fingerprint density at radius 1 is 1.42 bits per heavy atom. The van der Waals surface area contributed by atoms with Gasteiger partial charge in [-0.15, -0.1) is 0 Å². The van der Waals surface area contributed by atoms with E-state index in [0.29, 0.717) is 17.3 Å². The van der Waals surface area contributed by atoms with Crippen molar-refractivity contribution in [1.82, 2.24) is 19.7 Å². The van der Waals surface area contributed by atoms with Gasteiger partial charge in [0.1, 0.15) is 18.4 Å². The third kappa shape index (κ3) is 3.70. The summed E-state index contributed by atoms with van der Waals surface area (Å²) in [6.07, 6.45) is 5.14. The fourth-order valence-electron chi connectivity index (χ4n) is 3.01. The van der Waals surface area contributed by atoms with Gasteiger partial charge in [-0.2, -0.15) is 5.10 Å². The quantitative estimate of drug-likeness (QED) is 0.852. The molecule has 1 aromatic heterocycles. The van der Waals surface area contributed by atoms with E-state index in [2.05, 4.69) is 10.1 Å². The lowest BCUT2D eigenvalue weighted by molar-refractivity contribution is -0.147. The minimum atomic E-state index is -0.963. The van der Waals surface area contributed by atoms with Crippen LogP contribution in [-0.2, 0) is 4.79 Å². The molecule has 6 nitrogen and oxygen atoms in total. The zero-order valence-corrected chi connectivity index (χ0v) is 14.6. The second kappa shape index (κ2) is 6.81. The number of ether oxygens (including phenoxy) is 1. The van der Waals surface area contributed by atoms with Crippen LogP contribution >= 0.6 is 11.6 Å². The molecule has 1 aromatic carbocycles. The zero-order chi connectivity index (χ0) is 17.2. The van der Waals surface area contributed by atoms with Crippen LogP contribution in [0.4, 0.5) is 0 Å². The smallest absolute Gasteiger partial charge is 0.266 e. The summed E-state index contributed by atoms with van der Waals surface area (Å²) >= 11 is 5.99. The molecule has 3 rings (SSSR count). The summed E-state index contributed by atoms with van der Waals surface area (Å²) in [5, 5.41) is 4.78. The molecular weight excluding hydrogens is 328 g/mol. The van der Waals surface area contributed by atoms with Crippen molar-refractivity contribution in [1.29, 1.82) is 0 Å². The van der Waals surface area contributed by atoms with Gasteiger partial charge in [-0.05, 0) is 44.9 Å². The molecule has 0 saturated carbocycles. The number of rotatable bonds is 4. The topological polar surface area (TPSA) is 60.2 Å². The molecule has 0 aliphatic carbocycles. The summed E-state index contributed by atoms with van der Waals surface area (Å²) in [6, 6.07) is 7.25. The summed E-state index contributed by atoms with van der Waals surface area (Å²) < 4.78 is 7.74. The number of aromatic nitrogens is 3. The summed E-state index contributed by atoms with van der Waals surface area (Å²) in [5.41, 5.74) is -0.963. The van der Waals surface area contributed by atoms with E-state index < -0.39 is 5.60 Å². The number of nitrogens with zero attached hydrogens (tertiary/aromatic N) is 4. The van der Waals surface area contributed by atoms with E-state index in [1.807, 2.05) is 9.58 Å². The van der Waals surface area contributed by atoms with Crippen LogP contribution in [0.25, 0.3) is 0 Å². The van der Waals surface area contributed by atoms with E-state index in [1.54, 1.807) is 44.4 Å². The van der Waals surface area contributed by atoms with Crippen molar-refractivity contribution in [2.45, 2.75) is 38.3 Å². The molecule has 24 heavy (non-hydrogen) atoms. The van der Waals surface area contributed by atoms with Crippen molar-refractivity contribution in [2.75, 3.05) is 13.1 Å². The average molecular weight is 349 g/mol. The monoisotopic (exact) mass is 348 g/mol. The lowest BCUT2D eigenvalue weighted by Crippen LogP contribution is -2.52. The molecule has 1 aliphatic heterocycles. The zero-order valence-electron chi connectivity index (χ0n) is 13.9. The number of carbonyl (C=O) groups excluding carboxylic acids is 1. The highest BCUT2D eigenvalue weighted by atomic mass is 35.5. The first kappa shape index (κ1) is 16.8. The number of likely N-dealkylation sites (tertiary alicyclic amines) is 1. The number of carbonyl (C=O) groups is 1. The van der Waals surface area contributed by atoms with Crippen LogP contribution in [0.1, 0.15) is 32.7 Å². The third-order valence-electron chi connectivity index (χ3n) is 4.18. The van der Waals surface area contributed by atoms with Gasteiger partial charge in [0.05, 0.1) is 6.04 Å². The summed E-state index contributed by atoms with van der Waals surface area (Å²) in [4.78, 5) is 18.8. The van der Waals surface area contributed by atoms with Gasteiger partial charge in [0, 0.05) is 18.1 Å². The van der Waals surface area contributed by atoms with E-state index in [9.17, 15) is 4.79 Å².